The van der Waals surface area contributed by atoms with E-state index in [-0.39, 0.29) is 6.04 Å². The first-order valence-electron chi connectivity index (χ1n) is 6.37. The van der Waals surface area contributed by atoms with Crippen molar-refractivity contribution in [1.82, 2.24) is 20.4 Å². The molecule has 6 heteroatoms. The molecule has 6 nitrogen and oxygen atoms in total. The molecule has 1 atom stereocenters. The van der Waals surface area contributed by atoms with Gasteiger partial charge in [0.15, 0.2) is 0 Å². The van der Waals surface area contributed by atoms with E-state index in [2.05, 4.69) is 15.7 Å². The van der Waals surface area contributed by atoms with Crippen LogP contribution in [-0.2, 0) is 6.54 Å². The summed E-state index contributed by atoms with van der Waals surface area (Å²) >= 11 is 0. The highest BCUT2D eigenvalue weighted by Gasteiger charge is 2.17. The predicted octanol–water partition coefficient (Wildman–Crippen LogP) is 1.25. The van der Waals surface area contributed by atoms with Crippen LogP contribution < -0.4 is 16.0 Å². The molecule has 1 aromatic carbocycles. The number of hydrazine groups is 1. The topological polar surface area (TPSA) is 78.0 Å². The molecule has 19 heavy (non-hydrogen) atoms. The molecule has 2 aromatic rings. The van der Waals surface area contributed by atoms with Crippen LogP contribution in [0.1, 0.15) is 31.1 Å². The van der Waals surface area contributed by atoms with E-state index in [4.69, 9.17) is 10.6 Å². The normalized spacial score (nSPS) is 12.4. The summed E-state index contributed by atoms with van der Waals surface area (Å²) in [7, 11) is 0. The maximum atomic E-state index is 5.68. The number of rotatable bonds is 6. The van der Waals surface area contributed by atoms with Crippen LogP contribution in [-0.4, -0.2) is 21.6 Å². The third-order valence-electron chi connectivity index (χ3n) is 2.91. The molecular formula is C13H19N5O. The molecule has 1 aromatic heterocycles. The Labute approximate surface area is 112 Å². The van der Waals surface area contributed by atoms with Crippen LogP contribution in [0, 0.1) is 0 Å². The first kappa shape index (κ1) is 13.5. The fraction of sp³-hybridized carbons (Fsp3) is 0.385. The molecule has 0 radical (unpaired) electrons. The highest BCUT2D eigenvalue weighted by atomic mass is 16.5. The van der Waals surface area contributed by atoms with Crippen molar-refractivity contribution in [2.24, 2.45) is 5.84 Å². The fourth-order valence-corrected chi connectivity index (χ4v) is 2.04. The van der Waals surface area contributed by atoms with E-state index in [0.29, 0.717) is 6.61 Å². The molecule has 0 saturated heterocycles. The maximum absolute atomic E-state index is 5.68. The average molecular weight is 261 g/mol. The molecule has 0 aliphatic rings. The Morgan fingerprint density at radius 3 is 2.95 bits per heavy atom. The third-order valence-corrected chi connectivity index (χ3v) is 2.91. The largest absolute Gasteiger partial charge is 0.494 e. The first-order chi connectivity index (χ1) is 9.30. The van der Waals surface area contributed by atoms with E-state index >= 15 is 0 Å². The van der Waals surface area contributed by atoms with Crippen LogP contribution in [0.15, 0.2) is 30.5 Å². The smallest absolute Gasteiger partial charge is 0.119 e. The number of nitrogens with zero attached hydrogens (tertiary/aromatic N) is 3. The number of aromatic nitrogens is 3. The summed E-state index contributed by atoms with van der Waals surface area (Å²) in [5.74, 6) is 6.51. The maximum Gasteiger partial charge on any atom is 0.119 e. The van der Waals surface area contributed by atoms with Gasteiger partial charge in [0.25, 0.3) is 0 Å². The lowest BCUT2D eigenvalue weighted by Gasteiger charge is -2.17. The quantitative estimate of drug-likeness (QED) is 0.604. The van der Waals surface area contributed by atoms with Crippen molar-refractivity contribution in [2.45, 2.75) is 26.4 Å². The van der Waals surface area contributed by atoms with Crippen molar-refractivity contribution in [3.63, 3.8) is 0 Å². The van der Waals surface area contributed by atoms with Gasteiger partial charge in [-0.15, -0.1) is 5.10 Å². The van der Waals surface area contributed by atoms with Crippen molar-refractivity contribution in [3.05, 3.63) is 41.7 Å². The highest BCUT2D eigenvalue weighted by Crippen LogP contribution is 2.24. The summed E-state index contributed by atoms with van der Waals surface area (Å²) in [5.41, 5.74) is 4.76. The van der Waals surface area contributed by atoms with Crippen molar-refractivity contribution in [1.29, 1.82) is 0 Å². The van der Waals surface area contributed by atoms with Crippen molar-refractivity contribution in [3.8, 4) is 5.75 Å². The van der Waals surface area contributed by atoms with E-state index in [1.54, 1.807) is 6.20 Å². The molecule has 1 heterocycles. The number of aryl methyl sites for hydroxylation is 1. The van der Waals surface area contributed by atoms with Crippen LogP contribution in [0.25, 0.3) is 0 Å². The zero-order valence-corrected chi connectivity index (χ0v) is 11.2. The number of nitrogens with two attached hydrogens (primary N) is 1. The van der Waals surface area contributed by atoms with Gasteiger partial charge < -0.3 is 4.74 Å². The van der Waals surface area contributed by atoms with Crippen molar-refractivity contribution in [2.75, 3.05) is 6.61 Å². The van der Waals surface area contributed by atoms with Gasteiger partial charge in [0, 0.05) is 6.54 Å². The van der Waals surface area contributed by atoms with Gasteiger partial charge in [0.05, 0.1) is 24.5 Å². The zero-order chi connectivity index (χ0) is 13.7. The fourth-order valence-electron chi connectivity index (χ4n) is 2.04. The standard InChI is InChI=1S/C13H19N5O/c1-3-18-12(9-15-17-18)13(16-14)10-6-5-7-11(8-10)19-4-2/h5-9,13,16H,3-4,14H2,1-2H3. The van der Waals surface area contributed by atoms with Gasteiger partial charge in [-0.2, -0.15) is 0 Å². The average Bonchev–Trinajstić information content (AvgIpc) is 2.89. The number of hydrogen-bond donors (Lipinski definition) is 2. The molecule has 2 rings (SSSR count). The van der Waals surface area contributed by atoms with Gasteiger partial charge >= 0.3 is 0 Å². The second kappa shape index (κ2) is 6.31. The van der Waals surface area contributed by atoms with E-state index in [1.807, 2.05) is 42.8 Å². The van der Waals surface area contributed by atoms with E-state index < -0.39 is 0 Å². The summed E-state index contributed by atoms with van der Waals surface area (Å²) in [4.78, 5) is 0. The molecule has 3 N–H and O–H groups in total. The third kappa shape index (κ3) is 2.91. The zero-order valence-electron chi connectivity index (χ0n) is 11.2. The van der Waals surface area contributed by atoms with Crippen LogP contribution >= 0.6 is 0 Å². The number of ether oxygens (including phenoxy) is 1. The van der Waals surface area contributed by atoms with E-state index in [9.17, 15) is 0 Å². The summed E-state index contributed by atoms with van der Waals surface area (Å²) < 4.78 is 7.33. The number of nitrogens with one attached hydrogen (secondary N) is 1. The lowest BCUT2D eigenvalue weighted by molar-refractivity contribution is 0.339. The Morgan fingerprint density at radius 2 is 2.26 bits per heavy atom. The lowest BCUT2D eigenvalue weighted by atomic mass is 10.0. The van der Waals surface area contributed by atoms with Gasteiger partial charge in [0.1, 0.15) is 5.75 Å². The summed E-state index contributed by atoms with van der Waals surface area (Å²) in [5, 5.41) is 7.96. The van der Waals surface area contributed by atoms with Crippen molar-refractivity contribution >= 4 is 0 Å². The van der Waals surface area contributed by atoms with Gasteiger partial charge in [-0.1, -0.05) is 17.3 Å². The molecule has 0 aliphatic heterocycles. The van der Waals surface area contributed by atoms with Gasteiger partial charge in [-0.3, -0.25) is 5.84 Å². The van der Waals surface area contributed by atoms with Gasteiger partial charge in [-0.25, -0.2) is 10.1 Å². The summed E-state index contributed by atoms with van der Waals surface area (Å²) in [6.07, 6.45) is 1.72. The Kier molecular flexibility index (Phi) is 4.48. The molecule has 0 spiro atoms. The van der Waals surface area contributed by atoms with E-state index in [1.165, 1.54) is 0 Å². The second-order valence-electron chi connectivity index (χ2n) is 4.08. The molecule has 1 unspecified atom stereocenters. The molecule has 102 valence electrons. The van der Waals surface area contributed by atoms with Gasteiger partial charge in [-0.05, 0) is 31.5 Å². The second-order valence-corrected chi connectivity index (χ2v) is 4.08. The highest BCUT2D eigenvalue weighted by molar-refractivity contribution is 5.34. The SMILES string of the molecule is CCOc1cccc(C(NN)c2cnnn2CC)c1. The number of hydrogen-bond acceptors (Lipinski definition) is 5. The lowest BCUT2D eigenvalue weighted by Crippen LogP contribution is -2.30. The molecule has 0 amide bonds. The molecule has 0 fully saturated rings. The summed E-state index contributed by atoms with van der Waals surface area (Å²) in [6, 6.07) is 7.69. The van der Waals surface area contributed by atoms with Crippen molar-refractivity contribution < 1.29 is 4.74 Å². The Balaban J connectivity index is 2.34. The number of benzene rings is 1. The Bertz CT molecular complexity index is 525. The Hall–Kier alpha value is -1.92. The molecule has 0 saturated carbocycles. The molecule has 0 bridgehead atoms. The van der Waals surface area contributed by atoms with Crippen LogP contribution in [0.4, 0.5) is 0 Å². The van der Waals surface area contributed by atoms with Gasteiger partial charge in [0.2, 0.25) is 0 Å². The monoisotopic (exact) mass is 261 g/mol. The van der Waals surface area contributed by atoms with Crippen LogP contribution in [0.5, 0.6) is 5.75 Å². The minimum atomic E-state index is -0.157. The molecular weight excluding hydrogens is 242 g/mol. The predicted molar refractivity (Wildman–Crippen MR) is 72.5 cm³/mol. The first-order valence-corrected chi connectivity index (χ1v) is 6.37. The van der Waals surface area contributed by atoms with Crippen LogP contribution in [0.2, 0.25) is 0 Å². The van der Waals surface area contributed by atoms with Crippen LogP contribution in [0.3, 0.4) is 0 Å². The summed E-state index contributed by atoms with van der Waals surface area (Å²) in [6.45, 7) is 5.36. The molecule has 0 aliphatic carbocycles. The van der Waals surface area contributed by atoms with E-state index in [0.717, 1.165) is 23.6 Å². The minimum absolute atomic E-state index is 0.157. The minimum Gasteiger partial charge on any atom is -0.494 e. The Morgan fingerprint density at radius 1 is 1.42 bits per heavy atom.